The van der Waals surface area contributed by atoms with Gasteiger partial charge in [-0.05, 0) is 38.0 Å². The molecule has 4 nitrogen and oxygen atoms in total. The van der Waals surface area contributed by atoms with Gasteiger partial charge in [-0.2, -0.15) is 0 Å². The molecule has 0 aliphatic rings. The number of Topliss-reactive ketones (excluding diaryl/α,β-unsaturated/α-hetero) is 1. The smallest absolute Gasteiger partial charge is 0.305 e. The molecule has 1 N–H and O–H groups in total. The minimum Gasteiger partial charge on any atom is -0.466 e. The van der Waals surface area contributed by atoms with Crippen molar-refractivity contribution in [3.05, 3.63) is 0 Å². The lowest BCUT2D eigenvalue weighted by Gasteiger charge is -2.16. The van der Waals surface area contributed by atoms with Crippen molar-refractivity contribution >= 4 is 11.8 Å². The Kier molecular flexibility index (Phi) is 22.1. The molecule has 0 heterocycles. The molecule has 0 unspecified atom stereocenters. The zero-order valence-electron chi connectivity index (χ0n) is 20.1. The Morgan fingerprint density at radius 2 is 1.20 bits per heavy atom. The fraction of sp³-hybridized carbons (Fsp3) is 0.923. The molecule has 0 bridgehead atoms. The van der Waals surface area contributed by atoms with Crippen LogP contribution in [0.15, 0.2) is 0 Å². The van der Waals surface area contributed by atoms with Crippen molar-refractivity contribution in [1.29, 1.82) is 0 Å². The van der Waals surface area contributed by atoms with Crippen LogP contribution in [0.4, 0.5) is 0 Å². The highest BCUT2D eigenvalue weighted by atomic mass is 16.5. The van der Waals surface area contributed by atoms with Gasteiger partial charge in [0.25, 0.3) is 0 Å². The van der Waals surface area contributed by atoms with Crippen LogP contribution >= 0.6 is 0 Å². The van der Waals surface area contributed by atoms with E-state index in [9.17, 15) is 9.59 Å². The summed E-state index contributed by atoms with van der Waals surface area (Å²) in [6.45, 7) is 5.25. The van der Waals surface area contributed by atoms with E-state index in [4.69, 9.17) is 9.84 Å². The average Bonchev–Trinajstić information content (AvgIpc) is 2.73. The van der Waals surface area contributed by atoms with Crippen molar-refractivity contribution in [2.24, 2.45) is 5.92 Å². The third-order valence-corrected chi connectivity index (χ3v) is 5.92. The predicted molar refractivity (Wildman–Crippen MR) is 126 cm³/mol. The molecule has 0 amide bonds. The van der Waals surface area contributed by atoms with Gasteiger partial charge in [0, 0.05) is 25.9 Å². The summed E-state index contributed by atoms with van der Waals surface area (Å²) in [6, 6.07) is 0. The molecule has 178 valence electrons. The molecule has 0 saturated carbocycles. The van der Waals surface area contributed by atoms with Gasteiger partial charge in [-0.1, -0.05) is 84.5 Å². The Bertz CT molecular complexity index is 384. The third-order valence-electron chi connectivity index (χ3n) is 5.92. The highest BCUT2D eigenvalue weighted by Gasteiger charge is 2.10. The van der Waals surface area contributed by atoms with Crippen LogP contribution in [0.5, 0.6) is 0 Å². The van der Waals surface area contributed by atoms with E-state index in [1.54, 1.807) is 0 Å². The summed E-state index contributed by atoms with van der Waals surface area (Å²) in [5.41, 5.74) is 0. The van der Waals surface area contributed by atoms with Crippen molar-refractivity contribution in [3.8, 4) is 0 Å². The molecule has 0 aliphatic carbocycles. The summed E-state index contributed by atoms with van der Waals surface area (Å²) in [6.07, 6.45) is 19.6. The molecule has 0 fully saturated rings. The van der Waals surface area contributed by atoms with Crippen molar-refractivity contribution in [1.82, 2.24) is 0 Å². The summed E-state index contributed by atoms with van der Waals surface area (Å²) >= 11 is 0. The number of unbranched alkanes of at least 4 members (excludes halogenated alkanes) is 9. The van der Waals surface area contributed by atoms with E-state index in [2.05, 4.69) is 13.8 Å². The number of aliphatic hydroxyl groups excluding tert-OH is 1. The molecular weight excluding hydrogens is 376 g/mol. The molecule has 4 heteroatoms. The Morgan fingerprint density at radius 1 is 0.667 bits per heavy atom. The van der Waals surface area contributed by atoms with E-state index in [1.807, 2.05) is 0 Å². The summed E-state index contributed by atoms with van der Waals surface area (Å²) in [4.78, 5) is 23.6. The maximum atomic E-state index is 12.0. The maximum Gasteiger partial charge on any atom is 0.305 e. The van der Waals surface area contributed by atoms with Gasteiger partial charge in [-0.25, -0.2) is 0 Å². The Labute approximate surface area is 186 Å². The fourth-order valence-corrected chi connectivity index (χ4v) is 3.89. The molecule has 0 aliphatic heterocycles. The zero-order valence-corrected chi connectivity index (χ0v) is 20.1. The standard InChI is InChI=1S/C26H50O4/c1-3-5-10-16-24(17-11-6-4-2)21-23-30-26(29)20-13-9-7-8-12-18-25(28)19-14-15-22-27/h24,27H,3-23H2,1-2H3. The topological polar surface area (TPSA) is 63.6 Å². The lowest BCUT2D eigenvalue weighted by atomic mass is 9.92. The summed E-state index contributed by atoms with van der Waals surface area (Å²) < 4.78 is 5.49. The zero-order chi connectivity index (χ0) is 22.3. The van der Waals surface area contributed by atoms with Gasteiger partial charge >= 0.3 is 5.97 Å². The van der Waals surface area contributed by atoms with Crippen LogP contribution in [0.3, 0.4) is 0 Å². The highest BCUT2D eigenvalue weighted by Crippen LogP contribution is 2.21. The second kappa shape index (κ2) is 22.8. The molecule has 30 heavy (non-hydrogen) atoms. The monoisotopic (exact) mass is 426 g/mol. The van der Waals surface area contributed by atoms with Crippen molar-refractivity contribution < 1.29 is 19.4 Å². The Morgan fingerprint density at radius 3 is 1.77 bits per heavy atom. The first kappa shape index (κ1) is 29.1. The number of hydrogen-bond donors (Lipinski definition) is 1. The van der Waals surface area contributed by atoms with Crippen LogP contribution in [0.1, 0.15) is 136 Å². The first-order valence-corrected chi connectivity index (χ1v) is 12.9. The number of rotatable bonds is 23. The quantitative estimate of drug-likeness (QED) is 0.139. The predicted octanol–water partition coefficient (Wildman–Crippen LogP) is 7.16. The van der Waals surface area contributed by atoms with E-state index in [-0.39, 0.29) is 12.6 Å². The summed E-state index contributed by atoms with van der Waals surface area (Å²) in [5.74, 6) is 0.979. The molecule has 0 aromatic carbocycles. The third kappa shape index (κ3) is 20.4. The van der Waals surface area contributed by atoms with Gasteiger partial charge in [0.1, 0.15) is 5.78 Å². The average molecular weight is 427 g/mol. The van der Waals surface area contributed by atoms with E-state index in [0.717, 1.165) is 51.4 Å². The van der Waals surface area contributed by atoms with Crippen LogP contribution in [0, 0.1) is 5.92 Å². The fourth-order valence-electron chi connectivity index (χ4n) is 3.89. The molecule has 0 rings (SSSR count). The van der Waals surface area contributed by atoms with Gasteiger partial charge in [0.05, 0.1) is 6.61 Å². The van der Waals surface area contributed by atoms with E-state index in [1.165, 1.54) is 51.4 Å². The maximum absolute atomic E-state index is 12.0. The molecule has 0 radical (unpaired) electrons. The molecule has 0 aromatic heterocycles. The van der Waals surface area contributed by atoms with Gasteiger partial charge in [0.2, 0.25) is 0 Å². The number of carbonyl (C=O) groups excluding carboxylic acids is 2. The van der Waals surface area contributed by atoms with Crippen LogP contribution in [0.25, 0.3) is 0 Å². The normalized spacial score (nSPS) is 11.2. The lowest BCUT2D eigenvalue weighted by molar-refractivity contribution is -0.144. The SMILES string of the molecule is CCCCCC(CCCCC)CCOC(=O)CCCCCCCC(=O)CCCCO. The van der Waals surface area contributed by atoms with E-state index < -0.39 is 0 Å². The van der Waals surface area contributed by atoms with E-state index in [0.29, 0.717) is 37.6 Å². The highest BCUT2D eigenvalue weighted by molar-refractivity contribution is 5.78. The number of carbonyl (C=O) groups is 2. The molecule has 0 saturated heterocycles. The Hall–Kier alpha value is -0.900. The lowest BCUT2D eigenvalue weighted by Crippen LogP contribution is -2.10. The number of esters is 1. The second-order valence-electron chi connectivity index (χ2n) is 8.85. The van der Waals surface area contributed by atoms with E-state index >= 15 is 0 Å². The molecule has 0 spiro atoms. The molecular formula is C26H50O4. The van der Waals surface area contributed by atoms with Gasteiger partial charge in [0.15, 0.2) is 0 Å². The molecule has 0 aromatic rings. The number of hydrogen-bond acceptors (Lipinski definition) is 4. The first-order valence-electron chi connectivity index (χ1n) is 12.9. The van der Waals surface area contributed by atoms with Gasteiger partial charge in [-0.15, -0.1) is 0 Å². The minimum atomic E-state index is -0.0464. The number of ether oxygens (including phenoxy) is 1. The second-order valence-corrected chi connectivity index (χ2v) is 8.85. The molecule has 0 atom stereocenters. The first-order chi connectivity index (χ1) is 14.6. The largest absolute Gasteiger partial charge is 0.466 e. The van der Waals surface area contributed by atoms with Crippen molar-refractivity contribution in [2.45, 2.75) is 136 Å². The minimum absolute atomic E-state index is 0.0464. The number of aliphatic hydroxyl groups is 1. The van der Waals surface area contributed by atoms with Crippen LogP contribution < -0.4 is 0 Å². The van der Waals surface area contributed by atoms with Crippen molar-refractivity contribution in [2.75, 3.05) is 13.2 Å². The summed E-state index contributed by atoms with van der Waals surface area (Å²) in [7, 11) is 0. The van der Waals surface area contributed by atoms with Crippen LogP contribution in [-0.2, 0) is 14.3 Å². The van der Waals surface area contributed by atoms with Gasteiger partial charge in [-0.3, -0.25) is 9.59 Å². The van der Waals surface area contributed by atoms with Gasteiger partial charge < -0.3 is 9.84 Å². The Balaban J connectivity index is 3.66. The number of ketones is 1. The van der Waals surface area contributed by atoms with Crippen LogP contribution in [-0.4, -0.2) is 30.1 Å². The van der Waals surface area contributed by atoms with Crippen molar-refractivity contribution in [3.63, 3.8) is 0 Å². The van der Waals surface area contributed by atoms with Crippen LogP contribution in [0.2, 0.25) is 0 Å². The summed E-state index contributed by atoms with van der Waals surface area (Å²) in [5, 5.41) is 8.72.